The highest BCUT2D eigenvalue weighted by Gasteiger charge is 2.26. The van der Waals surface area contributed by atoms with Crippen molar-refractivity contribution < 1.29 is 9.59 Å². The molecular weight excluding hydrogens is 240 g/mol. The van der Waals surface area contributed by atoms with E-state index in [2.05, 4.69) is 31.4 Å². The zero-order valence-corrected chi connectivity index (χ0v) is 11.6. The van der Waals surface area contributed by atoms with E-state index in [-0.39, 0.29) is 17.2 Å². The molecule has 0 unspecified atom stereocenters. The molecule has 1 aliphatic rings. The fourth-order valence-electron chi connectivity index (χ4n) is 2.10. The Morgan fingerprint density at radius 3 is 2.68 bits per heavy atom. The van der Waals surface area contributed by atoms with Gasteiger partial charge in [-0.2, -0.15) is 0 Å². The molecule has 4 heteroatoms. The van der Waals surface area contributed by atoms with Gasteiger partial charge in [-0.05, 0) is 29.5 Å². The molecule has 1 heterocycles. The molecule has 1 saturated heterocycles. The van der Waals surface area contributed by atoms with Crippen molar-refractivity contribution in [2.24, 2.45) is 0 Å². The lowest BCUT2D eigenvalue weighted by Gasteiger charge is -2.20. The fraction of sp³-hybridized carbons (Fsp3) is 0.467. The van der Waals surface area contributed by atoms with E-state index in [1.54, 1.807) is 6.07 Å². The van der Waals surface area contributed by atoms with E-state index >= 15 is 0 Å². The van der Waals surface area contributed by atoms with E-state index in [4.69, 9.17) is 0 Å². The van der Waals surface area contributed by atoms with E-state index in [1.165, 1.54) is 0 Å². The summed E-state index contributed by atoms with van der Waals surface area (Å²) in [5.41, 5.74) is 1.71. The molecule has 19 heavy (non-hydrogen) atoms. The standard InChI is InChI=1S/C15H20N2O2/c1-15(2,3)11-6-4-5-10(9-11)13(18)17-12-7-8-16-14(12)19/h4-6,9,12H,7-8H2,1-3H3,(H,16,19)(H,17,18)/t12-/m0/s1. The van der Waals surface area contributed by atoms with Gasteiger partial charge < -0.3 is 10.6 Å². The minimum absolute atomic E-state index is 0.00102. The van der Waals surface area contributed by atoms with Crippen molar-refractivity contribution in [1.29, 1.82) is 0 Å². The molecule has 2 amide bonds. The topological polar surface area (TPSA) is 58.2 Å². The highest BCUT2D eigenvalue weighted by atomic mass is 16.2. The van der Waals surface area contributed by atoms with Crippen LogP contribution in [0.1, 0.15) is 43.1 Å². The smallest absolute Gasteiger partial charge is 0.251 e. The molecule has 1 aromatic carbocycles. The molecule has 0 spiro atoms. The number of hydrogen-bond donors (Lipinski definition) is 2. The molecule has 1 atom stereocenters. The summed E-state index contributed by atoms with van der Waals surface area (Å²) in [5, 5.41) is 5.48. The lowest BCUT2D eigenvalue weighted by molar-refractivity contribution is -0.120. The van der Waals surface area contributed by atoms with Crippen LogP contribution in [0.15, 0.2) is 24.3 Å². The maximum atomic E-state index is 12.1. The van der Waals surface area contributed by atoms with Crippen molar-refractivity contribution in [3.05, 3.63) is 35.4 Å². The average Bonchev–Trinajstić information content (AvgIpc) is 2.74. The first-order chi connectivity index (χ1) is 8.88. The molecule has 2 N–H and O–H groups in total. The van der Waals surface area contributed by atoms with Gasteiger partial charge in [-0.15, -0.1) is 0 Å². The van der Waals surface area contributed by atoms with Crippen LogP contribution in [0, 0.1) is 0 Å². The number of rotatable bonds is 2. The van der Waals surface area contributed by atoms with Crippen LogP contribution in [-0.2, 0) is 10.2 Å². The molecule has 4 nitrogen and oxygen atoms in total. The molecule has 1 fully saturated rings. The van der Waals surface area contributed by atoms with Gasteiger partial charge in [0.25, 0.3) is 5.91 Å². The maximum Gasteiger partial charge on any atom is 0.251 e. The van der Waals surface area contributed by atoms with E-state index in [9.17, 15) is 9.59 Å². The number of hydrogen-bond acceptors (Lipinski definition) is 2. The van der Waals surface area contributed by atoms with Gasteiger partial charge >= 0.3 is 0 Å². The highest BCUT2D eigenvalue weighted by molar-refractivity contribution is 5.98. The third-order valence-electron chi connectivity index (χ3n) is 3.34. The predicted molar refractivity (Wildman–Crippen MR) is 74.0 cm³/mol. The van der Waals surface area contributed by atoms with Crippen LogP contribution in [0.3, 0.4) is 0 Å². The molecule has 0 aliphatic carbocycles. The fourth-order valence-corrected chi connectivity index (χ4v) is 2.10. The minimum Gasteiger partial charge on any atom is -0.354 e. The quantitative estimate of drug-likeness (QED) is 0.848. The van der Waals surface area contributed by atoms with Crippen molar-refractivity contribution in [1.82, 2.24) is 10.6 Å². The van der Waals surface area contributed by atoms with Crippen molar-refractivity contribution in [2.45, 2.75) is 38.6 Å². The van der Waals surface area contributed by atoms with E-state index in [1.807, 2.05) is 18.2 Å². The maximum absolute atomic E-state index is 12.1. The zero-order chi connectivity index (χ0) is 14.0. The SMILES string of the molecule is CC(C)(C)c1cccc(C(=O)N[C@H]2CCNC2=O)c1. The van der Waals surface area contributed by atoms with Crippen LogP contribution >= 0.6 is 0 Å². The third kappa shape index (κ3) is 3.13. The van der Waals surface area contributed by atoms with Crippen LogP contribution in [0.4, 0.5) is 0 Å². The number of nitrogens with one attached hydrogen (secondary N) is 2. The summed E-state index contributed by atoms with van der Waals surface area (Å²) in [6, 6.07) is 7.16. The predicted octanol–water partition coefficient (Wildman–Crippen LogP) is 1.60. The second-order valence-electron chi connectivity index (χ2n) is 5.94. The summed E-state index contributed by atoms with van der Waals surface area (Å²) in [6.07, 6.45) is 0.656. The second kappa shape index (κ2) is 5.03. The minimum atomic E-state index is -0.397. The Morgan fingerprint density at radius 1 is 1.37 bits per heavy atom. The Hall–Kier alpha value is -1.84. The van der Waals surface area contributed by atoms with E-state index in [0.29, 0.717) is 18.5 Å². The zero-order valence-electron chi connectivity index (χ0n) is 11.6. The van der Waals surface area contributed by atoms with Crippen molar-refractivity contribution in [3.63, 3.8) is 0 Å². The normalized spacial score (nSPS) is 19.1. The van der Waals surface area contributed by atoms with Gasteiger partial charge in [-0.25, -0.2) is 0 Å². The van der Waals surface area contributed by atoms with Crippen LogP contribution < -0.4 is 10.6 Å². The van der Waals surface area contributed by atoms with Crippen LogP contribution in [-0.4, -0.2) is 24.4 Å². The molecule has 0 saturated carbocycles. The first-order valence-corrected chi connectivity index (χ1v) is 6.57. The molecule has 0 aromatic heterocycles. The van der Waals surface area contributed by atoms with Crippen LogP contribution in [0.2, 0.25) is 0 Å². The van der Waals surface area contributed by atoms with Gasteiger partial charge in [-0.1, -0.05) is 32.9 Å². The molecule has 0 radical (unpaired) electrons. The molecule has 102 valence electrons. The van der Waals surface area contributed by atoms with Gasteiger partial charge in [0.2, 0.25) is 5.91 Å². The molecule has 1 aliphatic heterocycles. The Balaban J connectivity index is 2.13. The van der Waals surface area contributed by atoms with Gasteiger partial charge in [0.05, 0.1) is 0 Å². The summed E-state index contributed by atoms with van der Waals surface area (Å²) in [7, 11) is 0. The van der Waals surface area contributed by atoms with E-state index in [0.717, 1.165) is 5.56 Å². The van der Waals surface area contributed by atoms with Gasteiger partial charge in [0.1, 0.15) is 6.04 Å². The summed E-state index contributed by atoms with van der Waals surface area (Å²) in [5.74, 6) is -0.284. The molecule has 1 aromatic rings. The lowest BCUT2D eigenvalue weighted by atomic mass is 9.86. The third-order valence-corrected chi connectivity index (χ3v) is 3.34. The van der Waals surface area contributed by atoms with Crippen molar-refractivity contribution in [3.8, 4) is 0 Å². The molecular formula is C15H20N2O2. The van der Waals surface area contributed by atoms with E-state index < -0.39 is 6.04 Å². The van der Waals surface area contributed by atoms with Gasteiger partial charge in [0, 0.05) is 12.1 Å². The van der Waals surface area contributed by atoms with Gasteiger partial charge in [0.15, 0.2) is 0 Å². The Bertz CT molecular complexity index is 503. The summed E-state index contributed by atoms with van der Waals surface area (Å²) in [6.45, 7) is 6.95. The number of carbonyl (C=O) groups is 2. The monoisotopic (exact) mass is 260 g/mol. The number of amides is 2. The molecule has 0 bridgehead atoms. The summed E-state index contributed by atoms with van der Waals surface area (Å²) < 4.78 is 0. The second-order valence-corrected chi connectivity index (χ2v) is 5.94. The first kappa shape index (κ1) is 13.6. The largest absolute Gasteiger partial charge is 0.354 e. The van der Waals surface area contributed by atoms with Crippen molar-refractivity contribution >= 4 is 11.8 Å². The highest BCUT2D eigenvalue weighted by Crippen LogP contribution is 2.22. The van der Waals surface area contributed by atoms with Crippen LogP contribution in [0.25, 0.3) is 0 Å². The first-order valence-electron chi connectivity index (χ1n) is 6.57. The number of carbonyl (C=O) groups excluding carboxylic acids is 2. The Morgan fingerprint density at radius 2 is 2.11 bits per heavy atom. The summed E-state index contributed by atoms with van der Waals surface area (Å²) in [4.78, 5) is 23.6. The Kier molecular flexibility index (Phi) is 3.60. The van der Waals surface area contributed by atoms with Crippen LogP contribution in [0.5, 0.6) is 0 Å². The van der Waals surface area contributed by atoms with Crippen molar-refractivity contribution in [2.75, 3.05) is 6.54 Å². The molecule has 2 rings (SSSR count). The summed E-state index contributed by atoms with van der Waals surface area (Å²) >= 11 is 0. The average molecular weight is 260 g/mol. The Labute approximate surface area is 113 Å². The number of benzene rings is 1. The lowest BCUT2D eigenvalue weighted by Crippen LogP contribution is -2.40. The van der Waals surface area contributed by atoms with Gasteiger partial charge in [-0.3, -0.25) is 9.59 Å².